The maximum Gasteiger partial charge on any atom is 0.0459 e. The van der Waals surface area contributed by atoms with Gasteiger partial charge < -0.3 is 9.88 Å². The molecule has 2 heteroatoms. The standard InChI is InChI=1S/C12H16N2.H2/c1-9-5-4-6-11-12(9)10(7-13-11)8-14(2)3;/h4-7,13H,8H2,1-3H3;1H. The van der Waals surface area contributed by atoms with Crippen molar-refractivity contribution >= 4 is 10.9 Å². The van der Waals surface area contributed by atoms with Gasteiger partial charge in [-0.2, -0.15) is 0 Å². The molecule has 2 rings (SSSR count). The molecular weight excluding hydrogens is 172 g/mol. The third-order valence-corrected chi connectivity index (χ3v) is 2.48. The molecule has 2 nitrogen and oxygen atoms in total. The van der Waals surface area contributed by atoms with Crippen LogP contribution in [0, 0.1) is 6.92 Å². The molecule has 0 bridgehead atoms. The number of fused-ring (bicyclic) bond motifs is 1. The summed E-state index contributed by atoms with van der Waals surface area (Å²) in [6, 6.07) is 6.38. The average molecular weight is 190 g/mol. The summed E-state index contributed by atoms with van der Waals surface area (Å²) in [5.41, 5.74) is 3.96. The van der Waals surface area contributed by atoms with Gasteiger partial charge in [0.25, 0.3) is 0 Å². The van der Waals surface area contributed by atoms with Gasteiger partial charge in [-0.1, -0.05) is 12.1 Å². The van der Waals surface area contributed by atoms with Crippen molar-refractivity contribution in [1.29, 1.82) is 0 Å². The van der Waals surface area contributed by atoms with Crippen LogP contribution in [0.25, 0.3) is 10.9 Å². The maximum absolute atomic E-state index is 3.31. The molecular formula is C12H18N2. The minimum Gasteiger partial charge on any atom is -0.361 e. The summed E-state index contributed by atoms with van der Waals surface area (Å²) < 4.78 is 0. The highest BCUT2D eigenvalue weighted by Crippen LogP contribution is 2.22. The molecule has 1 aromatic heterocycles. The van der Waals surface area contributed by atoms with Gasteiger partial charge in [-0.05, 0) is 38.2 Å². The smallest absolute Gasteiger partial charge is 0.0459 e. The van der Waals surface area contributed by atoms with Crippen LogP contribution in [0.3, 0.4) is 0 Å². The van der Waals surface area contributed by atoms with E-state index in [0.29, 0.717) is 0 Å². The minimum atomic E-state index is 0. The molecule has 0 atom stereocenters. The summed E-state index contributed by atoms with van der Waals surface area (Å²) in [4.78, 5) is 5.50. The van der Waals surface area contributed by atoms with Crippen LogP contribution in [0.2, 0.25) is 0 Å². The van der Waals surface area contributed by atoms with Crippen LogP contribution < -0.4 is 0 Å². The topological polar surface area (TPSA) is 19.0 Å². The van der Waals surface area contributed by atoms with Gasteiger partial charge in [0.05, 0.1) is 0 Å². The lowest BCUT2D eigenvalue weighted by Crippen LogP contribution is -2.10. The minimum absolute atomic E-state index is 0. The highest BCUT2D eigenvalue weighted by atomic mass is 15.0. The van der Waals surface area contributed by atoms with E-state index in [4.69, 9.17) is 0 Å². The summed E-state index contributed by atoms with van der Waals surface area (Å²) in [5.74, 6) is 0. The van der Waals surface area contributed by atoms with Crippen molar-refractivity contribution in [2.45, 2.75) is 13.5 Å². The number of rotatable bonds is 2. The summed E-state index contributed by atoms with van der Waals surface area (Å²) in [7, 11) is 4.19. The first kappa shape index (κ1) is 9.28. The van der Waals surface area contributed by atoms with Crippen molar-refractivity contribution in [3.8, 4) is 0 Å². The molecule has 0 radical (unpaired) electrons. The molecule has 0 fully saturated rings. The quantitative estimate of drug-likeness (QED) is 0.771. The molecule has 0 unspecified atom stereocenters. The highest BCUT2D eigenvalue weighted by molar-refractivity contribution is 5.86. The molecule has 0 saturated heterocycles. The van der Waals surface area contributed by atoms with Crippen molar-refractivity contribution in [1.82, 2.24) is 9.88 Å². The van der Waals surface area contributed by atoms with Crippen molar-refractivity contribution in [2.75, 3.05) is 14.1 Å². The van der Waals surface area contributed by atoms with Gasteiger partial charge in [-0.3, -0.25) is 0 Å². The molecule has 0 aliphatic rings. The van der Waals surface area contributed by atoms with Crippen LogP contribution in [-0.2, 0) is 6.54 Å². The summed E-state index contributed by atoms with van der Waals surface area (Å²) in [6.07, 6.45) is 2.11. The fraction of sp³-hybridized carbons (Fsp3) is 0.333. The molecule has 1 aromatic carbocycles. The van der Waals surface area contributed by atoms with E-state index in [1.165, 1.54) is 22.0 Å². The molecule has 0 spiro atoms. The lowest BCUT2D eigenvalue weighted by atomic mass is 10.1. The lowest BCUT2D eigenvalue weighted by Gasteiger charge is -2.08. The van der Waals surface area contributed by atoms with E-state index in [1.807, 2.05) is 0 Å². The zero-order valence-electron chi connectivity index (χ0n) is 8.96. The number of hydrogen-bond acceptors (Lipinski definition) is 1. The van der Waals surface area contributed by atoms with E-state index in [2.05, 4.69) is 55.3 Å². The predicted molar refractivity (Wildman–Crippen MR) is 62.5 cm³/mol. The highest BCUT2D eigenvalue weighted by Gasteiger charge is 2.05. The van der Waals surface area contributed by atoms with Gasteiger partial charge in [0, 0.05) is 25.1 Å². The predicted octanol–water partition coefficient (Wildman–Crippen LogP) is 2.78. The monoisotopic (exact) mass is 190 g/mol. The van der Waals surface area contributed by atoms with Gasteiger partial charge in [-0.15, -0.1) is 0 Å². The summed E-state index contributed by atoms with van der Waals surface area (Å²) in [6.45, 7) is 3.15. The Hall–Kier alpha value is -1.28. The Morgan fingerprint density at radius 2 is 2.14 bits per heavy atom. The van der Waals surface area contributed by atoms with Crippen LogP contribution in [0.4, 0.5) is 0 Å². The number of benzene rings is 1. The first-order chi connectivity index (χ1) is 6.68. The van der Waals surface area contributed by atoms with Crippen LogP contribution in [-0.4, -0.2) is 24.0 Å². The van der Waals surface area contributed by atoms with Crippen molar-refractivity contribution in [3.63, 3.8) is 0 Å². The number of aryl methyl sites for hydroxylation is 1. The molecule has 0 aliphatic heterocycles. The fourth-order valence-electron chi connectivity index (χ4n) is 1.92. The third kappa shape index (κ3) is 1.53. The Bertz CT molecular complexity index is 446. The normalized spacial score (nSPS) is 11.4. The van der Waals surface area contributed by atoms with Gasteiger partial charge >= 0.3 is 0 Å². The second-order valence-electron chi connectivity index (χ2n) is 4.05. The van der Waals surface area contributed by atoms with E-state index < -0.39 is 0 Å². The molecule has 76 valence electrons. The molecule has 2 aromatic rings. The summed E-state index contributed by atoms with van der Waals surface area (Å²) >= 11 is 0. The van der Waals surface area contributed by atoms with Crippen molar-refractivity contribution in [3.05, 3.63) is 35.5 Å². The largest absolute Gasteiger partial charge is 0.361 e. The third-order valence-electron chi connectivity index (χ3n) is 2.48. The van der Waals surface area contributed by atoms with E-state index in [9.17, 15) is 0 Å². The van der Waals surface area contributed by atoms with Crippen LogP contribution >= 0.6 is 0 Å². The average Bonchev–Trinajstić information content (AvgIpc) is 2.49. The zero-order valence-corrected chi connectivity index (χ0v) is 8.96. The molecule has 0 aliphatic carbocycles. The second kappa shape index (κ2) is 3.46. The van der Waals surface area contributed by atoms with Crippen LogP contribution in [0.1, 0.15) is 12.6 Å². The number of nitrogens with zero attached hydrogens (tertiary/aromatic N) is 1. The Labute approximate surface area is 86.0 Å². The molecule has 0 amide bonds. The van der Waals surface area contributed by atoms with Crippen LogP contribution in [0.15, 0.2) is 24.4 Å². The van der Waals surface area contributed by atoms with Gasteiger partial charge in [0.15, 0.2) is 0 Å². The number of nitrogens with one attached hydrogen (secondary N) is 1. The molecule has 14 heavy (non-hydrogen) atoms. The number of hydrogen-bond donors (Lipinski definition) is 1. The first-order valence-corrected chi connectivity index (χ1v) is 4.89. The van der Waals surface area contributed by atoms with Crippen molar-refractivity contribution in [2.24, 2.45) is 0 Å². The Morgan fingerprint density at radius 1 is 1.36 bits per heavy atom. The SMILES string of the molecule is Cc1cccc2[nH]cc(CN(C)C)c12.[HH]. The molecule has 1 heterocycles. The second-order valence-corrected chi connectivity index (χ2v) is 4.05. The van der Waals surface area contributed by atoms with E-state index >= 15 is 0 Å². The van der Waals surface area contributed by atoms with Crippen molar-refractivity contribution < 1.29 is 1.43 Å². The Morgan fingerprint density at radius 3 is 2.86 bits per heavy atom. The fourth-order valence-corrected chi connectivity index (χ4v) is 1.92. The van der Waals surface area contributed by atoms with Gasteiger partial charge in [0.1, 0.15) is 0 Å². The van der Waals surface area contributed by atoms with E-state index in [1.54, 1.807) is 0 Å². The van der Waals surface area contributed by atoms with E-state index in [0.717, 1.165) is 6.54 Å². The Kier molecular flexibility index (Phi) is 2.30. The number of aromatic amines is 1. The van der Waals surface area contributed by atoms with Gasteiger partial charge in [0.2, 0.25) is 0 Å². The number of aromatic nitrogens is 1. The lowest BCUT2D eigenvalue weighted by molar-refractivity contribution is 0.404. The number of H-pyrrole nitrogens is 1. The first-order valence-electron chi connectivity index (χ1n) is 4.89. The zero-order chi connectivity index (χ0) is 10.1. The summed E-state index contributed by atoms with van der Waals surface area (Å²) in [5, 5.41) is 1.38. The Balaban J connectivity index is 0.00000112. The van der Waals surface area contributed by atoms with Crippen LogP contribution in [0.5, 0.6) is 0 Å². The molecule has 1 N–H and O–H groups in total. The maximum atomic E-state index is 3.31. The van der Waals surface area contributed by atoms with Gasteiger partial charge in [-0.25, -0.2) is 0 Å². The van der Waals surface area contributed by atoms with E-state index in [-0.39, 0.29) is 1.43 Å². The molecule has 0 saturated carbocycles.